The second-order valence-corrected chi connectivity index (χ2v) is 4.77. The van der Waals surface area contributed by atoms with Crippen LogP contribution in [0.4, 0.5) is 10.1 Å². The van der Waals surface area contributed by atoms with Gasteiger partial charge in [0.25, 0.3) is 5.91 Å². The van der Waals surface area contributed by atoms with Gasteiger partial charge in [-0.3, -0.25) is 4.79 Å². The Hall–Kier alpha value is -2.36. The number of nitrogens with one attached hydrogen (secondary N) is 1. The van der Waals surface area contributed by atoms with Crippen molar-refractivity contribution < 1.29 is 9.18 Å². The van der Waals surface area contributed by atoms with Gasteiger partial charge in [0.1, 0.15) is 5.82 Å². The molecule has 3 N–H and O–H groups in total. The number of nitrogens with two attached hydrogens (primary N) is 1. The molecule has 0 bridgehead atoms. The Bertz CT molecular complexity index is 640. The number of halogens is 1. The van der Waals surface area contributed by atoms with Gasteiger partial charge < -0.3 is 11.1 Å². The molecule has 4 heteroatoms. The van der Waals surface area contributed by atoms with Gasteiger partial charge >= 0.3 is 0 Å². The molecule has 1 amide bonds. The second-order valence-electron chi connectivity index (χ2n) is 4.77. The van der Waals surface area contributed by atoms with Gasteiger partial charge in [0, 0.05) is 11.3 Å². The molecule has 0 aromatic heterocycles. The third kappa shape index (κ3) is 2.96. The summed E-state index contributed by atoms with van der Waals surface area (Å²) in [7, 11) is 0. The average Bonchev–Trinajstić information content (AvgIpc) is 2.41. The van der Waals surface area contributed by atoms with E-state index in [1.807, 2.05) is 6.92 Å². The van der Waals surface area contributed by atoms with E-state index in [2.05, 4.69) is 5.32 Å². The normalized spacial score (nSPS) is 11.9. The van der Waals surface area contributed by atoms with Crippen molar-refractivity contribution in [2.75, 3.05) is 5.73 Å². The molecule has 0 saturated carbocycles. The molecule has 1 unspecified atom stereocenters. The lowest BCUT2D eigenvalue weighted by molar-refractivity contribution is 0.0939. The molecule has 0 fully saturated rings. The van der Waals surface area contributed by atoms with E-state index in [4.69, 9.17) is 5.73 Å². The fourth-order valence-corrected chi connectivity index (χ4v) is 2.03. The van der Waals surface area contributed by atoms with E-state index in [-0.39, 0.29) is 17.8 Å². The van der Waals surface area contributed by atoms with E-state index < -0.39 is 0 Å². The molecule has 2 aromatic rings. The van der Waals surface area contributed by atoms with Crippen molar-refractivity contribution in [3.63, 3.8) is 0 Å². The number of nitrogen functional groups attached to an aromatic ring is 1. The highest BCUT2D eigenvalue weighted by atomic mass is 19.1. The number of amides is 1. The van der Waals surface area contributed by atoms with Gasteiger partial charge in [0.2, 0.25) is 0 Å². The summed E-state index contributed by atoms with van der Waals surface area (Å²) in [5.41, 5.74) is 8.37. The molecule has 0 aliphatic heterocycles. The number of rotatable bonds is 3. The zero-order chi connectivity index (χ0) is 14.7. The SMILES string of the molecule is Cc1c(N)cccc1C(=O)NC(C)c1cccc(F)c1. The van der Waals surface area contributed by atoms with Crippen molar-refractivity contribution in [3.8, 4) is 0 Å². The van der Waals surface area contributed by atoms with Crippen LogP contribution in [-0.4, -0.2) is 5.91 Å². The molecular formula is C16H17FN2O. The zero-order valence-corrected chi connectivity index (χ0v) is 11.5. The summed E-state index contributed by atoms with van der Waals surface area (Å²) in [6, 6.07) is 11.1. The van der Waals surface area contributed by atoms with Gasteiger partial charge in [-0.2, -0.15) is 0 Å². The van der Waals surface area contributed by atoms with Gasteiger partial charge in [-0.15, -0.1) is 0 Å². The number of anilines is 1. The van der Waals surface area contributed by atoms with Crippen molar-refractivity contribution in [2.45, 2.75) is 19.9 Å². The predicted octanol–water partition coefficient (Wildman–Crippen LogP) is 3.21. The smallest absolute Gasteiger partial charge is 0.252 e. The maximum absolute atomic E-state index is 13.2. The first kappa shape index (κ1) is 14.1. The van der Waals surface area contributed by atoms with E-state index in [1.54, 1.807) is 37.3 Å². The Morgan fingerprint density at radius 3 is 2.65 bits per heavy atom. The predicted molar refractivity (Wildman–Crippen MR) is 77.9 cm³/mol. The highest BCUT2D eigenvalue weighted by Crippen LogP contribution is 2.18. The maximum Gasteiger partial charge on any atom is 0.252 e. The van der Waals surface area contributed by atoms with E-state index in [1.165, 1.54) is 12.1 Å². The van der Waals surface area contributed by atoms with Gasteiger partial charge in [0.05, 0.1) is 6.04 Å². The molecule has 0 spiro atoms. The van der Waals surface area contributed by atoms with Gasteiger partial charge in [-0.25, -0.2) is 4.39 Å². The Balaban J connectivity index is 2.17. The van der Waals surface area contributed by atoms with Crippen LogP contribution in [0.2, 0.25) is 0 Å². The summed E-state index contributed by atoms with van der Waals surface area (Å²) in [6.07, 6.45) is 0. The molecule has 0 heterocycles. The third-order valence-corrected chi connectivity index (χ3v) is 3.32. The molecule has 0 saturated heterocycles. The highest BCUT2D eigenvalue weighted by Gasteiger charge is 2.14. The highest BCUT2D eigenvalue weighted by molar-refractivity contribution is 5.97. The quantitative estimate of drug-likeness (QED) is 0.843. The fourth-order valence-electron chi connectivity index (χ4n) is 2.03. The van der Waals surface area contributed by atoms with Crippen molar-refractivity contribution >= 4 is 11.6 Å². The number of carbonyl (C=O) groups is 1. The molecule has 1 atom stereocenters. The number of benzene rings is 2. The Labute approximate surface area is 117 Å². The minimum atomic E-state index is -0.316. The molecule has 2 rings (SSSR count). The first-order chi connectivity index (χ1) is 9.49. The van der Waals surface area contributed by atoms with Gasteiger partial charge in [-0.05, 0) is 49.2 Å². The Kier molecular flexibility index (Phi) is 4.03. The Morgan fingerprint density at radius 2 is 1.95 bits per heavy atom. The van der Waals surface area contributed by atoms with Crippen LogP contribution in [0.5, 0.6) is 0 Å². The average molecular weight is 272 g/mol. The monoisotopic (exact) mass is 272 g/mol. The fraction of sp³-hybridized carbons (Fsp3) is 0.188. The molecule has 3 nitrogen and oxygen atoms in total. The topological polar surface area (TPSA) is 55.1 Å². The van der Waals surface area contributed by atoms with Crippen LogP contribution < -0.4 is 11.1 Å². The molecule has 0 aliphatic carbocycles. The van der Waals surface area contributed by atoms with Crippen LogP contribution in [0.3, 0.4) is 0 Å². The minimum absolute atomic E-state index is 0.216. The first-order valence-corrected chi connectivity index (χ1v) is 6.40. The maximum atomic E-state index is 13.2. The lowest BCUT2D eigenvalue weighted by Crippen LogP contribution is -2.27. The lowest BCUT2D eigenvalue weighted by atomic mass is 10.0. The van der Waals surface area contributed by atoms with Crippen LogP contribution >= 0.6 is 0 Å². The summed E-state index contributed by atoms with van der Waals surface area (Å²) in [5, 5.41) is 2.85. The number of hydrogen-bond donors (Lipinski definition) is 2. The second kappa shape index (κ2) is 5.74. The molecule has 2 aromatic carbocycles. The van der Waals surface area contributed by atoms with Crippen LogP contribution in [0, 0.1) is 12.7 Å². The Morgan fingerprint density at radius 1 is 1.25 bits per heavy atom. The summed E-state index contributed by atoms with van der Waals surface area (Å²) in [4.78, 5) is 12.2. The summed E-state index contributed by atoms with van der Waals surface area (Å²) < 4.78 is 13.2. The van der Waals surface area contributed by atoms with Crippen LogP contribution in [0.15, 0.2) is 42.5 Å². The van der Waals surface area contributed by atoms with E-state index in [0.29, 0.717) is 11.3 Å². The van der Waals surface area contributed by atoms with E-state index in [9.17, 15) is 9.18 Å². The van der Waals surface area contributed by atoms with E-state index in [0.717, 1.165) is 11.1 Å². The largest absolute Gasteiger partial charge is 0.398 e. The summed E-state index contributed by atoms with van der Waals surface area (Å²) in [6.45, 7) is 3.62. The van der Waals surface area contributed by atoms with Crippen LogP contribution in [0.25, 0.3) is 0 Å². The van der Waals surface area contributed by atoms with Crippen molar-refractivity contribution in [3.05, 3.63) is 65.0 Å². The third-order valence-electron chi connectivity index (χ3n) is 3.32. The zero-order valence-electron chi connectivity index (χ0n) is 11.5. The number of hydrogen-bond acceptors (Lipinski definition) is 2. The van der Waals surface area contributed by atoms with Gasteiger partial charge in [0.15, 0.2) is 0 Å². The van der Waals surface area contributed by atoms with Crippen LogP contribution in [-0.2, 0) is 0 Å². The summed E-state index contributed by atoms with van der Waals surface area (Å²) in [5.74, 6) is -0.532. The van der Waals surface area contributed by atoms with Crippen molar-refractivity contribution in [2.24, 2.45) is 0 Å². The molecular weight excluding hydrogens is 255 g/mol. The summed E-state index contributed by atoms with van der Waals surface area (Å²) >= 11 is 0. The van der Waals surface area contributed by atoms with Crippen LogP contribution in [0.1, 0.15) is 34.5 Å². The molecule has 104 valence electrons. The molecule has 0 radical (unpaired) electrons. The van der Waals surface area contributed by atoms with Crippen molar-refractivity contribution in [1.82, 2.24) is 5.32 Å². The first-order valence-electron chi connectivity index (χ1n) is 6.40. The van der Waals surface area contributed by atoms with E-state index >= 15 is 0 Å². The van der Waals surface area contributed by atoms with Crippen molar-refractivity contribution in [1.29, 1.82) is 0 Å². The minimum Gasteiger partial charge on any atom is -0.398 e. The van der Waals surface area contributed by atoms with Gasteiger partial charge in [-0.1, -0.05) is 18.2 Å². The number of carbonyl (C=O) groups excluding carboxylic acids is 1. The lowest BCUT2D eigenvalue weighted by Gasteiger charge is -2.16. The molecule has 20 heavy (non-hydrogen) atoms. The molecule has 0 aliphatic rings. The standard InChI is InChI=1S/C16H17FN2O/c1-10-14(7-4-8-15(10)18)16(20)19-11(2)12-5-3-6-13(17)9-12/h3-9,11H,18H2,1-2H3,(H,19,20).